The summed E-state index contributed by atoms with van der Waals surface area (Å²) in [6.45, 7) is 0. The Bertz CT molecular complexity index is 664. The summed E-state index contributed by atoms with van der Waals surface area (Å²) >= 11 is 5.94. The maximum Gasteiger partial charge on any atom is 0.131 e. The van der Waals surface area contributed by atoms with Crippen LogP contribution in [-0.4, -0.2) is 20.0 Å². The number of halogens is 1. The minimum Gasteiger partial charge on any atom is -0.254 e. The monoisotopic (exact) mass is 256 g/mol. The zero-order chi connectivity index (χ0) is 12.4. The molecule has 0 saturated carbocycles. The topological polar surface area (TPSA) is 43.6 Å². The number of hydrogen-bond donors (Lipinski definition) is 0. The Labute approximate surface area is 109 Å². The summed E-state index contributed by atoms with van der Waals surface area (Å²) in [4.78, 5) is 5.77. The van der Waals surface area contributed by atoms with Gasteiger partial charge in [0.1, 0.15) is 5.69 Å². The lowest BCUT2D eigenvalue weighted by molar-refractivity contribution is 0.753. The van der Waals surface area contributed by atoms with Gasteiger partial charge in [-0.05, 0) is 30.3 Å². The van der Waals surface area contributed by atoms with Crippen LogP contribution in [0, 0.1) is 0 Å². The van der Waals surface area contributed by atoms with Crippen molar-refractivity contribution in [2.24, 2.45) is 0 Å². The van der Waals surface area contributed by atoms with E-state index in [9.17, 15) is 0 Å². The van der Waals surface area contributed by atoms with Gasteiger partial charge in [0.15, 0.2) is 0 Å². The lowest BCUT2D eigenvalue weighted by Gasteiger charge is -1.99. The fourth-order valence-corrected chi connectivity index (χ4v) is 1.80. The number of rotatable bonds is 2. The maximum atomic E-state index is 5.94. The van der Waals surface area contributed by atoms with E-state index in [-0.39, 0.29) is 0 Å². The van der Waals surface area contributed by atoms with E-state index < -0.39 is 0 Å². The molecule has 0 atom stereocenters. The molecule has 18 heavy (non-hydrogen) atoms. The highest BCUT2D eigenvalue weighted by Gasteiger charge is 2.05. The zero-order valence-corrected chi connectivity index (χ0v) is 10.1. The van der Waals surface area contributed by atoms with E-state index in [1.807, 2.05) is 42.5 Å². The Morgan fingerprint density at radius 2 is 1.94 bits per heavy atom. The van der Waals surface area contributed by atoms with Gasteiger partial charge in [-0.1, -0.05) is 23.7 Å². The minimum atomic E-state index is 0.657. The molecule has 1 aromatic carbocycles. The first-order valence-electron chi connectivity index (χ1n) is 5.42. The van der Waals surface area contributed by atoms with Crippen molar-refractivity contribution >= 4 is 11.6 Å². The number of aromatic nitrogens is 4. The molecule has 0 N–H and O–H groups in total. The minimum absolute atomic E-state index is 0.657. The molecule has 0 fully saturated rings. The van der Waals surface area contributed by atoms with Crippen LogP contribution in [0.25, 0.3) is 17.1 Å². The Morgan fingerprint density at radius 3 is 2.72 bits per heavy atom. The van der Waals surface area contributed by atoms with E-state index in [1.54, 1.807) is 12.4 Å². The molecule has 0 amide bonds. The van der Waals surface area contributed by atoms with E-state index in [2.05, 4.69) is 15.2 Å². The van der Waals surface area contributed by atoms with Crippen LogP contribution in [0.4, 0.5) is 0 Å². The number of nitrogens with zero attached hydrogens (tertiary/aromatic N) is 4. The van der Waals surface area contributed by atoms with Gasteiger partial charge >= 0.3 is 0 Å². The van der Waals surface area contributed by atoms with Gasteiger partial charge in [0.05, 0.1) is 17.6 Å². The van der Waals surface area contributed by atoms with Crippen molar-refractivity contribution in [3.63, 3.8) is 0 Å². The van der Waals surface area contributed by atoms with Gasteiger partial charge in [-0.15, -0.1) is 5.10 Å². The van der Waals surface area contributed by atoms with Crippen molar-refractivity contribution < 1.29 is 0 Å². The van der Waals surface area contributed by atoms with Crippen molar-refractivity contribution in [3.05, 3.63) is 59.9 Å². The molecule has 2 heterocycles. The fourth-order valence-electron chi connectivity index (χ4n) is 1.62. The lowest BCUT2D eigenvalue weighted by Crippen LogP contribution is -1.98. The highest BCUT2D eigenvalue weighted by Crippen LogP contribution is 2.16. The summed E-state index contributed by atoms with van der Waals surface area (Å²) in [5.41, 5.74) is 2.35. The summed E-state index contributed by atoms with van der Waals surface area (Å²) in [7, 11) is 0. The van der Waals surface area contributed by atoms with Crippen molar-refractivity contribution in [1.82, 2.24) is 20.0 Å². The Morgan fingerprint density at radius 1 is 1.00 bits per heavy atom. The van der Waals surface area contributed by atoms with Crippen LogP contribution in [0.15, 0.2) is 54.9 Å². The third kappa shape index (κ3) is 2.10. The van der Waals surface area contributed by atoms with Crippen LogP contribution in [0.3, 0.4) is 0 Å². The van der Waals surface area contributed by atoms with E-state index >= 15 is 0 Å². The Balaban J connectivity index is 2.00. The highest BCUT2D eigenvalue weighted by molar-refractivity contribution is 6.30. The standard InChI is InChI=1S/C13H9ClN4/c14-10-4-3-5-11(8-10)18-16-9-13(17-18)12-6-1-2-7-15-12/h1-9H. The number of pyridine rings is 1. The maximum absolute atomic E-state index is 5.94. The van der Waals surface area contributed by atoms with Crippen molar-refractivity contribution in [1.29, 1.82) is 0 Å². The first kappa shape index (κ1) is 10.9. The molecule has 0 unspecified atom stereocenters. The van der Waals surface area contributed by atoms with Crippen LogP contribution >= 0.6 is 11.6 Å². The first-order valence-corrected chi connectivity index (χ1v) is 5.80. The molecule has 0 aliphatic rings. The Hall–Kier alpha value is -2.20. The molecule has 0 aliphatic carbocycles. The fraction of sp³-hybridized carbons (Fsp3) is 0. The zero-order valence-electron chi connectivity index (χ0n) is 9.36. The third-order valence-corrected chi connectivity index (χ3v) is 2.69. The van der Waals surface area contributed by atoms with E-state index in [0.717, 1.165) is 17.1 Å². The van der Waals surface area contributed by atoms with E-state index in [1.165, 1.54) is 4.80 Å². The molecular weight excluding hydrogens is 248 g/mol. The van der Waals surface area contributed by atoms with Crippen LogP contribution in [0.5, 0.6) is 0 Å². The third-order valence-electron chi connectivity index (χ3n) is 2.46. The quantitative estimate of drug-likeness (QED) is 0.708. The van der Waals surface area contributed by atoms with Gasteiger partial charge in [0, 0.05) is 11.2 Å². The van der Waals surface area contributed by atoms with Gasteiger partial charge in [0.2, 0.25) is 0 Å². The molecular formula is C13H9ClN4. The predicted octanol–water partition coefficient (Wildman–Crippen LogP) is 2.98. The van der Waals surface area contributed by atoms with Gasteiger partial charge in [0.25, 0.3) is 0 Å². The van der Waals surface area contributed by atoms with E-state index in [4.69, 9.17) is 11.6 Å². The molecule has 0 saturated heterocycles. The largest absolute Gasteiger partial charge is 0.254 e. The molecule has 0 radical (unpaired) electrons. The molecule has 0 bridgehead atoms. The highest BCUT2D eigenvalue weighted by atomic mass is 35.5. The first-order chi connectivity index (χ1) is 8.83. The summed E-state index contributed by atoms with van der Waals surface area (Å²) in [6, 6.07) is 13.1. The van der Waals surface area contributed by atoms with Crippen molar-refractivity contribution in [3.8, 4) is 17.1 Å². The number of hydrogen-bond acceptors (Lipinski definition) is 3. The van der Waals surface area contributed by atoms with Crippen LogP contribution < -0.4 is 0 Å². The molecule has 0 spiro atoms. The molecule has 0 aliphatic heterocycles. The summed E-state index contributed by atoms with van der Waals surface area (Å²) < 4.78 is 0. The molecule has 5 heteroatoms. The molecule has 88 valence electrons. The average molecular weight is 257 g/mol. The molecule has 3 rings (SSSR count). The van der Waals surface area contributed by atoms with Crippen molar-refractivity contribution in [2.75, 3.05) is 0 Å². The molecule has 2 aromatic heterocycles. The SMILES string of the molecule is Clc1cccc(-n2ncc(-c3ccccn3)n2)c1. The summed E-state index contributed by atoms with van der Waals surface area (Å²) in [6.07, 6.45) is 3.41. The van der Waals surface area contributed by atoms with Crippen molar-refractivity contribution in [2.45, 2.75) is 0 Å². The Kier molecular flexibility index (Phi) is 2.78. The molecule has 4 nitrogen and oxygen atoms in total. The second-order valence-electron chi connectivity index (χ2n) is 3.71. The van der Waals surface area contributed by atoms with Gasteiger partial charge < -0.3 is 0 Å². The smallest absolute Gasteiger partial charge is 0.131 e. The normalized spacial score (nSPS) is 10.5. The summed E-state index contributed by atoms with van der Waals surface area (Å²) in [5, 5.41) is 9.24. The predicted molar refractivity (Wildman–Crippen MR) is 69.6 cm³/mol. The second-order valence-corrected chi connectivity index (χ2v) is 4.15. The van der Waals surface area contributed by atoms with Gasteiger partial charge in [-0.3, -0.25) is 4.98 Å². The summed E-state index contributed by atoms with van der Waals surface area (Å²) in [5.74, 6) is 0. The molecule has 3 aromatic rings. The van der Waals surface area contributed by atoms with Crippen LogP contribution in [-0.2, 0) is 0 Å². The van der Waals surface area contributed by atoms with Crippen LogP contribution in [0.2, 0.25) is 5.02 Å². The van der Waals surface area contributed by atoms with E-state index in [0.29, 0.717) is 5.02 Å². The number of benzene rings is 1. The average Bonchev–Trinajstić information content (AvgIpc) is 2.89. The second kappa shape index (κ2) is 4.58. The van der Waals surface area contributed by atoms with Gasteiger partial charge in [-0.2, -0.15) is 9.90 Å². The van der Waals surface area contributed by atoms with Crippen LogP contribution in [0.1, 0.15) is 0 Å². The lowest BCUT2D eigenvalue weighted by atomic mass is 10.3. The van der Waals surface area contributed by atoms with Gasteiger partial charge in [-0.25, -0.2) is 0 Å².